The van der Waals surface area contributed by atoms with E-state index in [0.29, 0.717) is 0 Å². The Labute approximate surface area is 157 Å². The first kappa shape index (κ1) is 19.1. The smallest absolute Gasteiger partial charge is 0.326 e. The lowest BCUT2D eigenvalue weighted by atomic mass is 9.94. The van der Waals surface area contributed by atoms with Gasteiger partial charge in [-0.2, -0.15) is 4.31 Å². The fourth-order valence-electron chi connectivity index (χ4n) is 3.14. The van der Waals surface area contributed by atoms with Crippen molar-refractivity contribution in [3.63, 3.8) is 0 Å². The highest BCUT2D eigenvalue weighted by Crippen LogP contribution is 2.24. The van der Waals surface area contributed by atoms with Crippen LogP contribution >= 0.6 is 0 Å². The number of hydrogen-bond donors (Lipinski definition) is 1. The number of fused-ring (bicyclic) bond motifs is 1. The first-order valence-electron chi connectivity index (χ1n) is 8.41. The molecule has 0 aromatic heterocycles. The van der Waals surface area contributed by atoms with Gasteiger partial charge >= 0.3 is 5.97 Å². The fraction of sp³-hybridized carbons (Fsp3) is 0.263. The molecule has 0 radical (unpaired) electrons. The predicted molar refractivity (Wildman–Crippen MR) is 98.4 cm³/mol. The number of benzene rings is 2. The third-order valence-electron chi connectivity index (χ3n) is 4.66. The Hall–Kier alpha value is -2.71. The number of carboxylic acids is 1. The highest BCUT2D eigenvalue weighted by molar-refractivity contribution is 7.89. The highest BCUT2D eigenvalue weighted by Gasteiger charge is 2.35. The summed E-state index contributed by atoms with van der Waals surface area (Å²) in [5.41, 5.74) is 1.76. The number of hydrogen-bond acceptors (Lipinski definition) is 4. The van der Waals surface area contributed by atoms with E-state index in [1.54, 1.807) is 18.2 Å². The molecule has 8 heteroatoms. The minimum atomic E-state index is -3.83. The first-order chi connectivity index (χ1) is 12.8. The summed E-state index contributed by atoms with van der Waals surface area (Å²) in [5.74, 6) is -1.65. The number of carboxylic acid groups (broad SMARTS) is 1. The van der Waals surface area contributed by atoms with Gasteiger partial charge in [0.25, 0.3) is 0 Å². The molecule has 0 spiro atoms. The second kappa shape index (κ2) is 7.50. The van der Waals surface area contributed by atoms with Crippen LogP contribution in [0.3, 0.4) is 0 Å². The van der Waals surface area contributed by atoms with Gasteiger partial charge in [0.05, 0.1) is 11.4 Å². The molecule has 1 atom stereocenters. The lowest BCUT2D eigenvalue weighted by Gasteiger charge is -2.35. The molecule has 2 aromatic rings. The number of carbonyl (C=O) groups is 2. The van der Waals surface area contributed by atoms with Crippen LogP contribution in [0.15, 0.2) is 59.5 Å². The van der Waals surface area contributed by atoms with Gasteiger partial charge in [0.15, 0.2) is 0 Å². The van der Waals surface area contributed by atoms with Crippen molar-refractivity contribution in [2.75, 3.05) is 13.6 Å². The van der Waals surface area contributed by atoms with Gasteiger partial charge in [-0.3, -0.25) is 4.79 Å². The standard InChI is InChI=1S/C19H20N2O5S/c1-20(27(25,26)16-9-3-2-4-10-16)13-18(22)21-12-15-8-6-5-7-14(15)11-17(21)19(23)24/h2-10,17H,11-13H2,1H3,(H,23,24). The SMILES string of the molecule is CN(CC(=O)N1Cc2ccccc2CC1C(=O)O)S(=O)(=O)c1ccccc1. The number of aliphatic carboxylic acids is 1. The Balaban J connectivity index is 1.81. The molecule has 3 rings (SSSR count). The number of likely N-dealkylation sites (N-methyl/N-ethyl adjacent to an activating group) is 1. The van der Waals surface area contributed by atoms with Gasteiger partial charge in [-0.1, -0.05) is 42.5 Å². The molecule has 0 bridgehead atoms. The summed E-state index contributed by atoms with van der Waals surface area (Å²) in [4.78, 5) is 25.7. The summed E-state index contributed by atoms with van der Waals surface area (Å²) < 4.78 is 26.2. The van der Waals surface area contributed by atoms with Crippen LogP contribution in [-0.4, -0.2) is 54.2 Å². The number of nitrogens with zero attached hydrogens (tertiary/aromatic N) is 2. The predicted octanol–water partition coefficient (Wildman–Crippen LogP) is 1.35. The van der Waals surface area contributed by atoms with Gasteiger partial charge in [-0.25, -0.2) is 13.2 Å². The molecule has 1 N–H and O–H groups in total. The summed E-state index contributed by atoms with van der Waals surface area (Å²) >= 11 is 0. The largest absolute Gasteiger partial charge is 0.480 e. The van der Waals surface area contributed by atoms with Crippen molar-refractivity contribution in [2.24, 2.45) is 0 Å². The Kier molecular flexibility index (Phi) is 5.29. The summed E-state index contributed by atoms with van der Waals surface area (Å²) in [6, 6.07) is 14.1. The summed E-state index contributed by atoms with van der Waals surface area (Å²) in [7, 11) is -2.52. The van der Waals surface area contributed by atoms with Crippen LogP contribution in [0.25, 0.3) is 0 Å². The van der Waals surface area contributed by atoms with Crippen LogP contribution in [0.4, 0.5) is 0 Å². The Bertz CT molecular complexity index is 959. The Morgan fingerprint density at radius 1 is 1.07 bits per heavy atom. The number of rotatable bonds is 5. The van der Waals surface area contributed by atoms with Crippen LogP contribution in [0, 0.1) is 0 Å². The molecule has 0 saturated heterocycles. The fourth-order valence-corrected chi connectivity index (χ4v) is 4.29. The number of amides is 1. The molecule has 0 saturated carbocycles. The molecule has 2 aromatic carbocycles. The van der Waals surface area contributed by atoms with Crippen LogP contribution in [0.5, 0.6) is 0 Å². The van der Waals surface area contributed by atoms with Crippen LogP contribution in [-0.2, 0) is 32.6 Å². The zero-order valence-corrected chi connectivity index (χ0v) is 15.6. The normalized spacial score (nSPS) is 16.8. The topological polar surface area (TPSA) is 95.0 Å². The molecular formula is C19H20N2O5S. The van der Waals surface area contributed by atoms with E-state index in [4.69, 9.17) is 0 Å². The number of carbonyl (C=O) groups excluding carboxylic acids is 1. The lowest BCUT2D eigenvalue weighted by Crippen LogP contribution is -2.51. The van der Waals surface area contributed by atoms with E-state index in [1.807, 2.05) is 24.3 Å². The van der Waals surface area contributed by atoms with E-state index in [2.05, 4.69) is 0 Å². The molecular weight excluding hydrogens is 368 g/mol. The van der Waals surface area contributed by atoms with Gasteiger partial charge in [0.1, 0.15) is 6.04 Å². The van der Waals surface area contributed by atoms with Gasteiger partial charge < -0.3 is 10.0 Å². The van der Waals surface area contributed by atoms with E-state index in [-0.39, 0.29) is 17.9 Å². The van der Waals surface area contributed by atoms with E-state index < -0.39 is 34.5 Å². The molecule has 7 nitrogen and oxygen atoms in total. The van der Waals surface area contributed by atoms with Crippen molar-refractivity contribution in [1.29, 1.82) is 0 Å². The quantitative estimate of drug-likeness (QED) is 0.834. The molecule has 1 amide bonds. The Morgan fingerprint density at radius 2 is 1.67 bits per heavy atom. The van der Waals surface area contributed by atoms with Gasteiger partial charge in [0, 0.05) is 20.0 Å². The number of sulfonamides is 1. The average molecular weight is 388 g/mol. The monoisotopic (exact) mass is 388 g/mol. The van der Waals surface area contributed by atoms with Crippen molar-refractivity contribution in [1.82, 2.24) is 9.21 Å². The van der Waals surface area contributed by atoms with Crippen LogP contribution in [0.2, 0.25) is 0 Å². The van der Waals surface area contributed by atoms with Crippen molar-refractivity contribution in [3.05, 3.63) is 65.7 Å². The third-order valence-corrected chi connectivity index (χ3v) is 6.48. The van der Waals surface area contributed by atoms with E-state index in [1.165, 1.54) is 24.1 Å². The van der Waals surface area contributed by atoms with Crippen LogP contribution in [0.1, 0.15) is 11.1 Å². The second-order valence-corrected chi connectivity index (χ2v) is 8.47. The minimum Gasteiger partial charge on any atom is -0.480 e. The van der Waals surface area contributed by atoms with E-state index >= 15 is 0 Å². The zero-order valence-electron chi connectivity index (χ0n) is 14.8. The van der Waals surface area contributed by atoms with E-state index in [0.717, 1.165) is 15.4 Å². The minimum absolute atomic E-state index is 0.0825. The maximum atomic E-state index is 12.8. The lowest BCUT2D eigenvalue weighted by molar-refractivity contribution is -0.151. The van der Waals surface area contributed by atoms with Crippen molar-refractivity contribution >= 4 is 21.9 Å². The molecule has 1 aliphatic heterocycles. The summed E-state index contributed by atoms with van der Waals surface area (Å²) in [6.45, 7) is -0.283. The molecule has 0 aliphatic carbocycles. The molecule has 142 valence electrons. The molecule has 27 heavy (non-hydrogen) atoms. The molecule has 1 unspecified atom stereocenters. The van der Waals surface area contributed by atoms with Crippen molar-refractivity contribution in [2.45, 2.75) is 23.9 Å². The zero-order chi connectivity index (χ0) is 19.6. The van der Waals surface area contributed by atoms with Gasteiger partial charge in [0.2, 0.25) is 15.9 Å². The molecule has 1 heterocycles. The summed E-state index contributed by atoms with van der Waals surface area (Å²) in [5, 5.41) is 9.53. The maximum Gasteiger partial charge on any atom is 0.326 e. The van der Waals surface area contributed by atoms with Crippen molar-refractivity contribution < 1.29 is 23.1 Å². The van der Waals surface area contributed by atoms with Gasteiger partial charge in [-0.15, -0.1) is 0 Å². The highest BCUT2D eigenvalue weighted by atomic mass is 32.2. The second-order valence-electron chi connectivity index (χ2n) is 6.42. The van der Waals surface area contributed by atoms with E-state index in [9.17, 15) is 23.1 Å². The summed E-state index contributed by atoms with van der Waals surface area (Å²) in [6.07, 6.45) is 0.201. The first-order valence-corrected chi connectivity index (χ1v) is 9.85. The molecule has 0 fully saturated rings. The van der Waals surface area contributed by atoms with Crippen LogP contribution < -0.4 is 0 Å². The third kappa shape index (κ3) is 3.86. The Morgan fingerprint density at radius 3 is 2.30 bits per heavy atom. The maximum absolute atomic E-state index is 12.8. The van der Waals surface area contributed by atoms with Crippen molar-refractivity contribution in [3.8, 4) is 0 Å². The average Bonchev–Trinajstić information content (AvgIpc) is 2.67. The molecule has 1 aliphatic rings. The van der Waals surface area contributed by atoms with Gasteiger partial charge in [-0.05, 0) is 23.3 Å².